The number of halogens is 1. The van der Waals surface area contributed by atoms with Gasteiger partial charge in [0.05, 0.1) is 5.02 Å². The zero-order valence-corrected chi connectivity index (χ0v) is 11.0. The van der Waals surface area contributed by atoms with Crippen molar-refractivity contribution in [1.29, 1.82) is 0 Å². The van der Waals surface area contributed by atoms with E-state index in [9.17, 15) is 9.90 Å². The molecule has 2 aromatic rings. The topological polar surface area (TPSA) is 37.3 Å². The van der Waals surface area contributed by atoms with Gasteiger partial charge in [0.15, 0.2) is 5.78 Å². The number of carbonyl (C=O) groups excluding carboxylic acids is 1. The van der Waals surface area contributed by atoms with Crippen LogP contribution in [0.15, 0.2) is 55.1 Å². The monoisotopic (exact) mass is 272 g/mol. The lowest BCUT2D eigenvalue weighted by Gasteiger charge is -2.12. The quantitative estimate of drug-likeness (QED) is 0.857. The Morgan fingerprint density at radius 1 is 1.16 bits per heavy atom. The van der Waals surface area contributed by atoms with Gasteiger partial charge in [0.25, 0.3) is 0 Å². The highest BCUT2D eigenvalue weighted by atomic mass is 35.5. The van der Waals surface area contributed by atoms with E-state index in [1.165, 1.54) is 0 Å². The number of rotatable bonds is 4. The van der Waals surface area contributed by atoms with Crippen molar-refractivity contribution in [3.63, 3.8) is 0 Å². The van der Waals surface area contributed by atoms with E-state index in [4.69, 9.17) is 11.6 Å². The number of carbonyl (C=O) groups is 1. The second-order valence-corrected chi connectivity index (χ2v) is 4.47. The van der Waals surface area contributed by atoms with E-state index in [1.54, 1.807) is 48.5 Å². The molecule has 19 heavy (non-hydrogen) atoms. The molecule has 2 rings (SSSR count). The van der Waals surface area contributed by atoms with Gasteiger partial charge in [-0.2, -0.15) is 0 Å². The molecule has 0 bridgehead atoms. The van der Waals surface area contributed by atoms with Crippen molar-refractivity contribution in [2.24, 2.45) is 0 Å². The third kappa shape index (κ3) is 2.75. The van der Waals surface area contributed by atoms with Gasteiger partial charge in [-0.15, -0.1) is 0 Å². The number of ketones is 1. The number of benzene rings is 2. The summed E-state index contributed by atoms with van der Waals surface area (Å²) in [4.78, 5) is 12.3. The summed E-state index contributed by atoms with van der Waals surface area (Å²) in [5, 5.41) is 10.4. The molecule has 0 aliphatic heterocycles. The lowest BCUT2D eigenvalue weighted by Crippen LogP contribution is -2.13. The average Bonchev–Trinajstić information content (AvgIpc) is 2.47. The van der Waals surface area contributed by atoms with Gasteiger partial charge >= 0.3 is 0 Å². The van der Waals surface area contributed by atoms with Crippen LogP contribution in [0.2, 0.25) is 5.02 Å². The maximum absolute atomic E-state index is 12.3. The summed E-state index contributed by atoms with van der Waals surface area (Å²) >= 11 is 6.13. The Labute approximate surface area is 117 Å². The highest BCUT2D eigenvalue weighted by Gasteiger charge is 2.21. The van der Waals surface area contributed by atoms with Crippen molar-refractivity contribution in [3.05, 3.63) is 76.8 Å². The van der Waals surface area contributed by atoms with E-state index < -0.39 is 11.9 Å². The Morgan fingerprint density at radius 3 is 2.47 bits per heavy atom. The van der Waals surface area contributed by atoms with Crippen molar-refractivity contribution in [3.8, 4) is 0 Å². The summed E-state index contributed by atoms with van der Waals surface area (Å²) in [6, 6.07) is 13.9. The van der Waals surface area contributed by atoms with Gasteiger partial charge in [0, 0.05) is 5.56 Å². The third-order valence-corrected chi connectivity index (χ3v) is 3.30. The number of hydrogen-bond acceptors (Lipinski definition) is 2. The van der Waals surface area contributed by atoms with Crippen molar-refractivity contribution < 1.29 is 9.90 Å². The minimum Gasteiger partial charge on any atom is -0.380 e. The van der Waals surface area contributed by atoms with Crippen molar-refractivity contribution in [2.45, 2.75) is 6.10 Å². The van der Waals surface area contributed by atoms with Crippen LogP contribution in [-0.4, -0.2) is 10.9 Å². The van der Waals surface area contributed by atoms with E-state index in [0.29, 0.717) is 21.7 Å². The number of aliphatic hydroxyl groups is 1. The van der Waals surface area contributed by atoms with Crippen LogP contribution in [-0.2, 0) is 0 Å². The fourth-order valence-electron chi connectivity index (χ4n) is 1.83. The van der Waals surface area contributed by atoms with Crippen LogP contribution in [0.25, 0.3) is 6.08 Å². The molecule has 1 N–H and O–H groups in total. The first-order chi connectivity index (χ1) is 9.15. The van der Waals surface area contributed by atoms with Gasteiger partial charge in [-0.05, 0) is 17.2 Å². The van der Waals surface area contributed by atoms with Crippen LogP contribution in [0.4, 0.5) is 0 Å². The SMILES string of the molecule is C=Cc1cccc(C(=O)C(O)c2ccccc2)c1Cl. The predicted octanol–water partition coefficient (Wildman–Crippen LogP) is 3.90. The first kappa shape index (κ1) is 13.5. The molecule has 0 saturated carbocycles. The minimum atomic E-state index is -1.21. The molecule has 0 spiro atoms. The largest absolute Gasteiger partial charge is 0.380 e. The summed E-state index contributed by atoms with van der Waals surface area (Å²) in [5.41, 5.74) is 1.52. The molecule has 0 heterocycles. The highest BCUT2D eigenvalue weighted by Crippen LogP contribution is 2.27. The molecule has 3 heteroatoms. The fourth-order valence-corrected chi connectivity index (χ4v) is 2.13. The maximum atomic E-state index is 12.3. The molecule has 0 aliphatic carbocycles. The lowest BCUT2D eigenvalue weighted by atomic mass is 9.98. The summed E-state index contributed by atoms with van der Waals surface area (Å²) in [6.45, 7) is 3.64. The van der Waals surface area contributed by atoms with E-state index in [0.717, 1.165) is 0 Å². The van der Waals surface area contributed by atoms with Crippen LogP contribution in [0.1, 0.15) is 27.6 Å². The van der Waals surface area contributed by atoms with Crippen LogP contribution in [0.5, 0.6) is 0 Å². The molecule has 96 valence electrons. The molecule has 2 aromatic carbocycles. The number of hydrogen-bond donors (Lipinski definition) is 1. The highest BCUT2D eigenvalue weighted by molar-refractivity contribution is 6.35. The van der Waals surface area contributed by atoms with Crippen LogP contribution < -0.4 is 0 Å². The summed E-state index contributed by atoms with van der Waals surface area (Å²) in [5.74, 6) is -0.417. The fraction of sp³-hybridized carbons (Fsp3) is 0.0625. The van der Waals surface area contributed by atoms with Crippen LogP contribution in [0.3, 0.4) is 0 Å². The van der Waals surface area contributed by atoms with E-state index in [2.05, 4.69) is 6.58 Å². The smallest absolute Gasteiger partial charge is 0.197 e. The molecule has 0 aliphatic rings. The minimum absolute atomic E-state index is 0.301. The second-order valence-electron chi connectivity index (χ2n) is 4.09. The van der Waals surface area contributed by atoms with E-state index in [-0.39, 0.29) is 0 Å². The van der Waals surface area contributed by atoms with Crippen molar-refractivity contribution in [2.75, 3.05) is 0 Å². The van der Waals surface area contributed by atoms with E-state index in [1.807, 2.05) is 6.07 Å². The normalized spacial score (nSPS) is 11.9. The van der Waals surface area contributed by atoms with Gasteiger partial charge in [0.1, 0.15) is 6.10 Å². The van der Waals surface area contributed by atoms with Gasteiger partial charge in [-0.3, -0.25) is 4.79 Å². The summed E-state index contributed by atoms with van der Waals surface area (Å²) in [7, 11) is 0. The van der Waals surface area contributed by atoms with Gasteiger partial charge in [-0.25, -0.2) is 0 Å². The first-order valence-electron chi connectivity index (χ1n) is 5.83. The Bertz CT molecular complexity index is 605. The molecule has 0 fully saturated rings. The zero-order valence-electron chi connectivity index (χ0n) is 10.2. The standard InChI is InChI=1S/C16H13ClO2/c1-2-11-9-6-10-13(14(11)17)16(19)15(18)12-7-4-3-5-8-12/h2-10,15,18H,1H2. The molecule has 0 aromatic heterocycles. The average molecular weight is 273 g/mol. The molecule has 0 amide bonds. The Kier molecular flexibility index (Phi) is 4.15. The first-order valence-corrected chi connectivity index (χ1v) is 6.21. The summed E-state index contributed by atoms with van der Waals surface area (Å²) in [6.07, 6.45) is 0.368. The predicted molar refractivity (Wildman–Crippen MR) is 77.3 cm³/mol. The molecule has 1 unspecified atom stereocenters. The third-order valence-electron chi connectivity index (χ3n) is 2.88. The summed E-state index contributed by atoms with van der Waals surface area (Å²) < 4.78 is 0. The van der Waals surface area contributed by atoms with Crippen LogP contribution >= 0.6 is 11.6 Å². The van der Waals surface area contributed by atoms with Gasteiger partial charge < -0.3 is 5.11 Å². The molecule has 0 radical (unpaired) electrons. The van der Waals surface area contributed by atoms with Gasteiger partial charge in [-0.1, -0.05) is 66.7 Å². The Morgan fingerprint density at radius 2 is 1.84 bits per heavy atom. The van der Waals surface area contributed by atoms with Crippen LogP contribution in [0, 0.1) is 0 Å². The Balaban J connectivity index is 2.37. The number of aliphatic hydroxyl groups excluding tert-OH is 1. The molecule has 2 nitrogen and oxygen atoms in total. The molecular weight excluding hydrogens is 260 g/mol. The molecule has 1 atom stereocenters. The number of Topliss-reactive ketones (excluding diaryl/α,β-unsaturated/α-hetero) is 1. The lowest BCUT2D eigenvalue weighted by molar-refractivity contribution is 0.0747. The molecule has 0 saturated heterocycles. The van der Waals surface area contributed by atoms with Crippen molar-refractivity contribution in [1.82, 2.24) is 0 Å². The zero-order chi connectivity index (χ0) is 13.8. The molecular formula is C16H13ClO2. The second kappa shape index (κ2) is 5.83. The maximum Gasteiger partial charge on any atom is 0.197 e. The van der Waals surface area contributed by atoms with Gasteiger partial charge in [0.2, 0.25) is 0 Å². The van der Waals surface area contributed by atoms with E-state index >= 15 is 0 Å². The van der Waals surface area contributed by atoms with Crippen molar-refractivity contribution >= 4 is 23.5 Å². The Hall–Kier alpha value is -1.90.